The third kappa shape index (κ3) is 6.20. The summed E-state index contributed by atoms with van der Waals surface area (Å²) in [6.07, 6.45) is 0.780. The average molecular weight is 459 g/mol. The van der Waals surface area contributed by atoms with Crippen molar-refractivity contribution in [2.75, 3.05) is 63.5 Å². The number of nitrogens with one attached hydrogen (secondary N) is 2. The van der Waals surface area contributed by atoms with Gasteiger partial charge in [-0.25, -0.2) is 4.98 Å². The second-order valence-electron chi connectivity index (χ2n) is 7.94. The first-order valence-corrected chi connectivity index (χ1v) is 11.4. The van der Waals surface area contributed by atoms with Crippen molar-refractivity contribution in [3.63, 3.8) is 0 Å². The highest BCUT2D eigenvalue weighted by molar-refractivity contribution is 6.34. The van der Waals surface area contributed by atoms with Crippen LogP contribution in [0, 0.1) is 0 Å². The van der Waals surface area contributed by atoms with Gasteiger partial charge in [0.25, 0.3) is 0 Å². The molecule has 1 aromatic heterocycles. The lowest BCUT2D eigenvalue weighted by molar-refractivity contribution is 0.158. The number of fused-ring (bicyclic) bond motifs is 1. The Kier molecular flexibility index (Phi) is 7.45. The molecule has 1 fully saturated rings. The number of anilines is 2. The molecule has 2 heterocycles. The van der Waals surface area contributed by atoms with Crippen molar-refractivity contribution < 1.29 is 0 Å². The van der Waals surface area contributed by atoms with Gasteiger partial charge in [-0.05, 0) is 49.4 Å². The van der Waals surface area contributed by atoms with E-state index in [2.05, 4.69) is 38.5 Å². The van der Waals surface area contributed by atoms with E-state index in [9.17, 15) is 0 Å². The van der Waals surface area contributed by atoms with E-state index in [0.29, 0.717) is 22.5 Å². The lowest BCUT2D eigenvalue weighted by Crippen LogP contribution is -2.45. The topological polar surface area (TPSA) is 56.3 Å². The Morgan fingerprint density at radius 1 is 0.903 bits per heavy atom. The van der Waals surface area contributed by atoms with Crippen molar-refractivity contribution in [3.05, 3.63) is 58.1 Å². The van der Waals surface area contributed by atoms with Crippen LogP contribution in [0.3, 0.4) is 0 Å². The molecule has 0 unspecified atom stereocenters. The molecule has 0 spiro atoms. The zero-order valence-electron chi connectivity index (χ0n) is 17.7. The van der Waals surface area contributed by atoms with Crippen LogP contribution in [0.2, 0.25) is 10.0 Å². The fourth-order valence-corrected chi connectivity index (χ4v) is 4.34. The minimum atomic E-state index is 0.619. The number of likely N-dealkylation sites (N-methyl/N-ethyl adjacent to an activating group) is 1. The van der Waals surface area contributed by atoms with Crippen molar-refractivity contribution in [1.29, 1.82) is 0 Å². The van der Waals surface area contributed by atoms with E-state index in [0.717, 1.165) is 68.0 Å². The molecule has 2 N–H and O–H groups in total. The lowest BCUT2D eigenvalue weighted by Gasteiger charge is -2.32. The highest BCUT2D eigenvalue weighted by Gasteiger charge is 2.13. The van der Waals surface area contributed by atoms with E-state index in [4.69, 9.17) is 28.2 Å². The van der Waals surface area contributed by atoms with Gasteiger partial charge in [-0.15, -0.1) is 0 Å². The number of rotatable bonds is 8. The number of aromatic nitrogens is 2. The third-order valence-electron chi connectivity index (χ3n) is 5.54. The smallest absolute Gasteiger partial charge is 0.225 e. The molecule has 0 saturated carbocycles. The largest absolute Gasteiger partial charge is 0.368 e. The van der Waals surface area contributed by atoms with E-state index < -0.39 is 0 Å². The predicted molar refractivity (Wildman–Crippen MR) is 131 cm³/mol. The summed E-state index contributed by atoms with van der Waals surface area (Å²) in [5, 5.41) is 9.21. The number of nitrogens with zero attached hydrogens (tertiary/aromatic N) is 4. The van der Waals surface area contributed by atoms with Crippen LogP contribution in [0.5, 0.6) is 0 Å². The van der Waals surface area contributed by atoms with Crippen molar-refractivity contribution in [2.45, 2.75) is 6.42 Å². The van der Waals surface area contributed by atoms with E-state index >= 15 is 0 Å². The summed E-state index contributed by atoms with van der Waals surface area (Å²) in [7, 11) is 2.18. The van der Waals surface area contributed by atoms with Gasteiger partial charge in [0, 0.05) is 61.2 Å². The highest BCUT2D eigenvalue weighted by Crippen LogP contribution is 2.22. The van der Waals surface area contributed by atoms with Gasteiger partial charge >= 0.3 is 0 Å². The quantitative estimate of drug-likeness (QED) is 0.526. The summed E-state index contributed by atoms with van der Waals surface area (Å²) >= 11 is 12.2. The van der Waals surface area contributed by atoms with E-state index in [1.54, 1.807) is 6.07 Å². The zero-order valence-corrected chi connectivity index (χ0v) is 19.3. The monoisotopic (exact) mass is 458 g/mol. The van der Waals surface area contributed by atoms with Crippen LogP contribution in [-0.2, 0) is 6.42 Å². The van der Waals surface area contributed by atoms with Gasteiger partial charge in [0.05, 0.1) is 5.52 Å². The molecule has 1 saturated heterocycles. The Hall–Kier alpha value is -2.12. The maximum Gasteiger partial charge on any atom is 0.225 e. The molecule has 0 aliphatic carbocycles. The maximum atomic E-state index is 6.10. The van der Waals surface area contributed by atoms with Crippen LogP contribution < -0.4 is 10.6 Å². The Morgan fingerprint density at radius 2 is 1.65 bits per heavy atom. The van der Waals surface area contributed by atoms with Gasteiger partial charge in [0.2, 0.25) is 5.95 Å². The molecule has 4 rings (SSSR count). The summed E-state index contributed by atoms with van der Waals surface area (Å²) < 4.78 is 0. The molecule has 2 aromatic carbocycles. The molecule has 31 heavy (non-hydrogen) atoms. The van der Waals surface area contributed by atoms with Gasteiger partial charge in [-0.2, -0.15) is 4.98 Å². The first-order chi connectivity index (χ1) is 15.1. The normalized spacial score (nSPS) is 15.3. The number of hydrogen-bond acceptors (Lipinski definition) is 6. The summed E-state index contributed by atoms with van der Waals surface area (Å²) in [5.41, 5.74) is 2.00. The first kappa shape index (κ1) is 22.1. The molecule has 8 heteroatoms. The van der Waals surface area contributed by atoms with Crippen molar-refractivity contribution >= 4 is 45.9 Å². The predicted octanol–water partition coefficient (Wildman–Crippen LogP) is 4.25. The summed E-state index contributed by atoms with van der Waals surface area (Å²) in [6.45, 7) is 7.03. The van der Waals surface area contributed by atoms with E-state index in [1.165, 1.54) is 0 Å². The number of piperazine rings is 1. The fourth-order valence-electron chi connectivity index (χ4n) is 3.77. The first-order valence-electron chi connectivity index (χ1n) is 10.7. The summed E-state index contributed by atoms with van der Waals surface area (Å²) in [6, 6.07) is 13.7. The second-order valence-corrected chi connectivity index (χ2v) is 8.81. The molecule has 1 aliphatic rings. The molecule has 164 valence electrons. The standard InChI is InChI=1S/C23H28Cl2N6/c1-30-10-12-31(13-11-30)9-8-26-22-20-4-2-3-5-21(20)28-23(29-22)27-7-6-17-14-18(24)16-19(25)15-17/h2-5,14-16H,6-13H2,1H3,(H2,26,27,28,29). The van der Waals surface area contributed by atoms with Gasteiger partial charge in [0.1, 0.15) is 5.82 Å². The van der Waals surface area contributed by atoms with Crippen molar-refractivity contribution in [1.82, 2.24) is 19.8 Å². The Morgan fingerprint density at radius 3 is 2.42 bits per heavy atom. The molecule has 3 aromatic rings. The Labute approximate surface area is 193 Å². The van der Waals surface area contributed by atoms with Crippen LogP contribution in [-0.4, -0.2) is 72.6 Å². The average Bonchev–Trinajstić information content (AvgIpc) is 2.74. The van der Waals surface area contributed by atoms with Crippen LogP contribution in [0.15, 0.2) is 42.5 Å². The minimum absolute atomic E-state index is 0.619. The van der Waals surface area contributed by atoms with Crippen LogP contribution >= 0.6 is 23.2 Å². The number of halogens is 2. The van der Waals surface area contributed by atoms with Crippen LogP contribution in [0.25, 0.3) is 10.9 Å². The molecule has 0 atom stereocenters. The van der Waals surface area contributed by atoms with Crippen molar-refractivity contribution in [2.24, 2.45) is 0 Å². The fraction of sp³-hybridized carbons (Fsp3) is 0.391. The third-order valence-corrected chi connectivity index (χ3v) is 5.98. The molecule has 6 nitrogen and oxygen atoms in total. The Balaban J connectivity index is 1.39. The molecule has 0 radical (unpaired) electrons. The highest BCUT2D eigenvalue weighted by atomic mass is 35.5. The molecular weight excluding hydrogens is 431 g/mol. The van der Waals surface area contributed by atoms with Gasteiger partial charge in [0.15, 0.2) is 0 Å². The van der Waals surface area contributed by atoms with Crippen LogP contribution in [0.4, 0.5) is 11.8 Å². The molecule has 0 bridgehead atoms. The number of benzene rings is 2. The molecule has 1 aliphatic heterocycles. The lowest BCUT2D eigenvalue weighted by atomic mass is 10.1. The van der Waals surface area contributed by atoms with E-state index in [-0.39, 0.29) is 0 Å². The molecular formula is C23H28Cl2N6. The summed E-state index contributed by atoms with van der Waals surface area (Å²) in [4.78, 5) is 14.3. The van der Waals surface area contributed by atoms with E-state index in [1.807, 2.05) is 30.3 Å². The molecule has 0 amide bonds. The van der Waals surface area contributed by atoms with Crippen LogP contribution in [0.1, 0.15) is 5.56 Å². The van der Waals surface area contributed by atoms with Crippen molar-refractivity contribution in [3.8, 4) is 0 Å². The summed E-state index contributed by atoms with van der Waals surface area (Å²) in [5.74, 6) is 1.49. The zero-order chi connectivity index (χ0) is 21.6. The Bertz CT molecular complexity index is 1000. The van der Waals surface area contributed by atoms with Gasteiger partial charge in [-0.1, -0.05) is 35.3 Å². The second kappa shape index (κ2) is 10.5. The maximum absolute atomic E-state index is 6.10. The SMILES string of the molecule is CN1CCN(CCNc2nc(NCCc3cc(Cl)cc(Cl)c3)nc3ccccc23)CC1. The number of para-hydroxylation sites is 1. The van der Waals surface area contributed by atoms with Gasteiger partial charge in [-0.3, -0.25) is 4.90 Å². The minimum Gasteiger partial charge on any atom is -0.368 e. The number of hydrogen-bond donors (Lipinski definition) is 2. The van der Waals surface area contributed by atoms with Gasteiger partial charge < -0.3 is 15.5 Å².